The molecule has 0 aliphatic carbocycles. The van der Waals surface area contributed by atoms with Crippen LogP contribution in [0.25, 0.3) is 0 Å². The highest BCUT2D eigenvalue weighted by molar-refractivity contribution is 4.55. The average molecular weight is 703 g/mol. The van der Waals surface area contributed by atoms with Gasteiger partial charge in [-0.25, -0.2) is 0 Å². The first kappa shape index (κ1) is 48.7. The highest BCUT2D eigenvalue weighted by atomic mass is 16.5. The second kappa shape index (κ2) is 34.8. The Hall–Kier alpha value is -0.280. The van der Waals surface area contributed by atoms with Crippen LogP contribution in [-0.4, -0.2) is 125 Å². The third kappa shape index (κ3) is 37.3. The van der Waals surface area contributed by atoms with Crippen molar-refractivity contribution >= 4 is 0 Å². The Bertz CT molecular complexity index is 609. The lowest BCUT2D eigenvalue weighted by Crippen LogP contribution is -2.47. The molecule has 0 rings (SSSR count). The monoisotopic (exact) mass is 703 g/mol. The van der Waals surface area contributed by atoms with Crippen LogP contribution in [-0.2, 0) is 14.2 Å². The molecule has 2 atom stereocenters. The van der Waals surface area contributed by atoms with Crippen LogP contribution in [0.5, 0.6) is 0 Å². The minimum absolute atomic E-state index is 0.347. The number of hydrogen-bond acceptors (Lipinski definition) is 5. The lowest BCUT2D eigenvalue weighted by molar-refractivity contribution is -0.893. The maximum atomic E-state index is 10.5. The van der Waals surface area contributed by atoms with Gasteiger partial charge in [-0.3, -0.25) is 0 Å². The van der Waals surface area contributed by atoms with E-state index in [0.717, 1.165) is 22.1 Å². The van der Waals surface area contributed by atoms with Gasteiger partial charge in [-0.15, -0.1) is 0 Å². The molecule has 0 radical (unpaired) electrons. The maximum absolute atomic E-state index is 10.5. The molecule has 49 heavy (non-hydrogen) atoms. The van der Waals surface area contributed by atoms with Gasteiger partial charge in [-0.2, -0.15) is 0 Å². The molecule has 0 aromatic rings. The summed E-state index contributed by atoms with van der Waals surface area (Å²) >= 11 is 0. The number of likely N-dealkylation sites (N-methyl/N-ethyl adjacent to an activating group) is 2. The smallest absolute Gasteiger partial charge is 0.126 e. The topological polar surface area (TPSA) is 68.2 Å². The number of nitrogens with zero attached hydrogens (tertiary/aromatic N) is 2. The van der Waals surface area contributed by atoms with Crippen LogP contribution in [0.3, 0.4) is 0 Å². The standard InChI is InChI=1S/C42H90N2O5/c1-7-9-11-13-15-17-19-21-23-25-27-29-31-43(3,4)37-41(45)39-48-35-33-47-34-36-49-40-42(46)38-44(5,6)32-30-28-26-24-22-20-18-16-14-12-10-8-2/h41-42,45-46H,7-40H2,1-6H3/q+2. The summed E-state index contributed by atoms with van der Waals surface area (Å²) in [5.74, 6) is 0. The van der Waals surface area contributed by atoms with Gasteiger partial charge in [0.25, 0.3) is 0 Å². The van der Waals surface area contributed by atoms with E-state index < -0.39 is 12.2 Å². The van der Waals surface area contributed by atoms with Crippen molar-refractivity contribution in [2.24, 2.45) is 0 Å². The second-order valence-corrected chi connectivity index (χ2v) is 16.5. The highest BCUT2D eigenvalue weighted by Crippen LogP contribution is 2.14. The first-order chi connectivity index (χ1) is 23.6. The molecule has 0 amide bonds. The Morgan fingerprint density at radius 3 is 0.898 bits per heavy atom. The minimum atomic E-state index is -0.459. The number of unbranched alkanes of at least 4 members (excludes halogenated alkanes) is 22. The van der Waals surface area contributed by atoms with Crippen molar-refractivity contribution in [2.45, 2.75) is 180 Å². The largest absolute Gasteiger partial charge is 0.385 e. The summed E-state index contributed by atoms with van der Waals surface area (Å²) in [5.41, 5.74) is 0. The zero-order valence-corrected chi connectivity index (χ0v) is 34.2. The molecule has 7 heteroatoms. The predicted molar refractivity (Wildman–Crippen MR) is 210 cm³/mol. The van der Waals surface area contributed by atoms with Crippen molar-refractivity contribution in [3.63, 3.8) is 0 Å². The SMILES string of the molecule is CCCCCCCCCCCCCC[N+](C)(C)CC(O)COCCOCCOCC(O)C[N+](C)(C)CCCCCCCCCCCCCC. The van der Waals surface area contributed by atoms with Gasteiger partial charge >= 0.3 is 0 Å². The molecule has 0 aromatic carbocycles. The molecule has 0 spiro atoms. The van der Waals surface area contributed by atoms with Gasteiger partial charge in [0.2, 0.25) is 0 Å². The van der Waals surface area contributed by atoms with E-state index in [1.807, 2.05) is 0 Å². The van der Waals surface area contributed by atoms with Gasteiger partial charge in [-0.1, -0.05) is 142 Å². The van der Waals surface area contributed by atoms with Gasteiger partial charge in [0.1, 0.15) is 25.3 Å². The van der Waals surface area contributed by atoms with Gasteiger partial charge < -0.3 is 33.4 Å². The number of rotatable bonds is 40. The molecule has 0 aliphatic rings. The van der Waals surface area contributed by atoms with Crippen LogP contribution in [0.4, 0.5) is 0 Å². The van der Waals surface area contributed by atoms with Crippen molar-refractivity contribution < 1.29 is 33.4 Å². The average Bonchev–Trinajstić information content (AvgIpc) is 3.04. The van der Waals surface area contributed by atoms with Gasteiger partial charge in [0.05, 0.1) is 80.9 Å². The number of hydrogen-bond donors (Lipinski definition) is 2. The summed E-state index contributed by atoms with van der Waals surface area (Å²) in [4.78, 5) is 0. The van der Waals surface area contributed by atoms with Crippen LogP contribution in [0.1, 0.15) is 168 Å². The Morgan fingerprint density at radius 2 is 0.612 bits per heavy atom. The van der Waals surface area contributed by atoms with E-state index in [1.54, 1.807) is 0 Å². The van der Waals surface area contributed by atoms with Crippen molar-refractivity contribution in [1.82, 2.24) is 0 Å². The Kier molecular flexibility index (Phi) is 34.6. The fourth-order valence-corrected chi connectivity index (χ4v) is 6.97. The minimum Gasteiger partial charge on any atom is -0.385 e. The molecule has 2 unspecified atom stereocenters. The molecule has 0 aromatic heterocycles. The van der Waals surface area contributed by atoms with E-state index in [9.17, 15) is 10.2 Å². The highest BCUT2D eigenvalue weighted by Gasteiger charge is 2.21. The fourth-order valence-electron chi connectivity index (χ4n) is 6.97. The van der Waals surface area contributed by atoms with Gasteiger partial charge in [0.15, 0.2) is 0 Å². The summed E-state index contributed by atoms with van der Waals surface area (Å²) in [6.07, 6.45) is 31.9. The van der Waals surface area contributed by atoms with E-state index in [-0.39, 0.29) is 0 Å². The van der Waals surface area contributed by atoms with Crippen LogP contribution in [0, 0.1) is 0 Å². The molecular weight excluding hydrogens is 612 g/mol. The lowest BCUT2D eigenvalue weighted by Gasteiger charge is -2.32. The van der Waals surface area contributed by atoms with Crippen LogP contribution < -0.4 is 0 Å². The molecule has 2 N–H and O–H groups in total. The summed E-state index contributed by atoms with van der Waals surface area (Å²) in [7, 11) is 8.84. The quantitative estimate of drug-likeness (QED) is 0.0492. The lowest BCUT2D eigenvalue weighted by atomic mass is 10.1. The first-order valence-corrected chi connectivity index (χ1v) is 21.3. The van der Waals surface area contributed by atoms with Crippen LogP contribution in [0.15, 0.2) is 0 Å². The van der Waals surface area contributed by atoms with E-state index in [4.69, 9.17) is 14.2 Å². The van der Waals surface area contributed by atoms with E-state index >= 15 is 0 Å². The molecule has 0 fully saturated rings. The van der Waals surface area contributed by atoms with Crippen molar-refractivity contribution in [3.8, 4) is 0 Å². The third-order valence-corrected chi connectivity index (χ3v) is 10.0. The van der Waals surface area contributed by atoms with Gasteiger partial charge in [-0.05, 0) is 25.7 Å². The number of ether oxygens (including phenoxy) is 3. The number of aliphatic hydroxyl groups excluding tert-OH is 2. The van der Waals surface area contributed by atoms with Crippen LogP contribution in [0.2, 0.25) is 0 Å². The second-order valence-electron chi connectivity index (χ2n) is 16.5. The summed E-state index contributed by atoms with van der Waals surface area (Å²) in [6, 6.07) is 0. The van der Waals surface area contributed by atoms with E-state index in [0.29, 0.717) is 52.7 Å². The summed E-state index contributed by atoms with van der Waals surface area (Å²) in [5, 5.41) is 21.0. The molecule has 0 heterocycles. The molecule has 0 bridgehead atoms. The first-order valence-electron chi connectivity index (χ1n) is 21.3. The molecular formula is C42H90N2O5+2. The number of quaternary nitrogens is 2. The summed E-state index contributed by atoms with van der Waals surface area (Å²) < 4.78 is 18.6. The molecule has 296 valence electrons. The van der Waals surface area contributed by atoms with Crippen molar-refractivity contribution in [1.29, 1.82) is 0 Å². The van der Waals surface area contributed by atoms with Crippen molar-refractivity contribution in [2.75, 3.05) is 94.0 Å². The maximum Gasteiger partial charge on any atom is 0.126 e. The molecule has 0 saturated heterocycles. The van der Waals surface area contributed by atoms with E-state index in [2.05, 4.69) is 42.0 Å². The Labute approximate surface area is 307 Å². The summed E-state index contributed by atoms with van der Waals surface area (Å²) in [6.45, 7) is 10.8. The van der Waals surface area contributed by atoms with Crippen molar-refractivity contribution in [3.05, 3.63) is 0 Å². The Balaban J connectivity index is 3.61. The van der Waals surface area contributed by atoms with E-state index in [1.165, 1.54) is 154 Å². The number of aliphatic hydroxyl groups is 2. The predicted octanol–water partition coefficient (Wildman–Crippen LogP) is 9.31. The Morgan fingerprint density at radius 1 is 0.367 bits per heavy atom. The normalized spacial score (nSPS) is 13.7. The fraction of sp³-hybridized carbons (Fsp3) is 1.00. The molecule has 0 aliphatic heterocycles. The van der Waals surface area contributed by atoms with Gasteiger partial charge in [0, 0.05) is 0 Å². The zero-order valence-electron chi connectivity index (χ0n) is 34.2. The zero-order chi connectivity index (χ0) is 36.3. The molecule has 7 nitrogen and oxygen atoms in total. The van der Waals surface area contributed by atoms with Crippen LogP contribution >= 0.6 is 0 Å². The third-order valence-electron chi connectivity index (χ3n) is 10.0. The molecule has 0 saturated carbocycles.